The fourth-order valence-electron chi connectivity index (χ4n) is 4.27. The average molecular weight is 345 g/mol. The van der Waals surface area contributed by atoms with Crippen molar-refractivity contribution in [3.05, 3.63) is 29.8 Å². The van der Waals surface area contributed by atoms with Gasteiger partial charge in [0.2, 0.25) is 0 Å². The fraction of sp³-hybridized carbons (Fsp3) is 0.632. The maximum Gasteiger partial charge on any atom is 0.320 e. The van der Waals surface area contributed by atoms with Gasteiger partial charge in [0.1, 0.15) is 5.75 Å². The molecule has 6 nitrogen and oxygen atoms in total. The maximum absolute atomic E-state index is 12.7. The zero-order valence-electron chi connectivity index (χ0n) is 14.9. The summed E-state index contributed by atoms with van der Waals surface area (Å²) in [5, 5.41) is 0. The van der Waals surface area contributed by atoms with Gasteiger partial charge >= 0.3 is 6.03 Å². The summed E-state index contributed by atoms with van der Waals surface area (Å²) in [7, 11) is 1.67. The van der Waals surface area contributed by atoms with Crippen molar-refractivity contribution in [2.45, 2.75) is 31.5 Å². The van der Waals surface area contributed by atoms with E-state index < -0.39 is 0 Å². The lowest BCUT2D eigenvalue weighted by Crippen LogP contribution is -2.55. The number of fused-ring (bicyclic) bond motifs is 1. The lowest BCUT2D eigenvalue weighted by atomic mass is 10.0. The van der Waals surface area contributed by atoms with Crippen molar-refractivity contribution in [1.82, 2.24) is 14.7 Å². The first-order valence-corrected chi connectivity index (χ1v) is 9.25. The van der Waals surface area contributed by atoms with Crippen molar-refractivity contribution in [2.24, 2.45) is 0 Å². The zero-order chi connectivity index (χ0) is 17.2. The summed E-state index contributed by atoms with van der Waals surface area (Å²) in [6.45, 7) is 6.08. The third-order valence-electron chi connectivity index (χ3n) is 5.70. The van der Waals surface area contributed by atoms with Crippen LogP contribution < -0.4 is 4.74 Å². The van der Waals surface area contributed by atoms with Crippen molar-refractivity contribution < 1.29 is 14.3 Å². The van der Waals surface area contributed by atoms with Crippen molar-refractivity contribution >= 4 is 6.03 Å². The van der Waals surface area contributed by atoms with Gasteiger partial charge in [0.25, 0.3) is 0 Å². The fourth-order valence-corrected chi connectivity index (χ4v) is 4.27. The molecule has 1 atom stereocenters. The Morgan fingerprint density at radius 2 is 1.84 bits per heavy atom. The van der Waals surface area contributed by atoms with E-state index in [2.05, 4.69) is 9.80 Å². The van der Waals surface area contributed by atoms with Crippen LogP contribution in [0.5, 0.6) is 5.75 Å². The van der Waals surface area contributed by atoms with Gasteiger partial charge in [-0.1, -0.05) is 12.1 Å². The third kappa shape index (κ3) is 3.46. The Morgan fingerprint density at radius 3 is 2.56 bits per heavy atom. The lowest BCUT2D eigenvalue weighted by molar-refractivity contribution is 0.0109. The van der Waals surface area contributed by atoms with Gasteiger partial charge in [-0.3, -0.25) is 4.90 Å². The zero-order valence-corrected chi connectivity index (χ0v) is 14.9. The van der Waals surface area contributed by atoms with E-state index in [0.29, 0.717) is 18.6 Å². The van der Waals surface area contributed by atoms with Crippen LogP contribution in [-0.4, -0.2) is 79.3 Å². The van der Waals surface area contributed by atoms with Crippen LogP contribution in [0, 0.1) is 0 Å². The van der Waals surface area contributed by atoms with Crippen molar-refractivity contribution in [3.8, 4) is 5.75 Å². The Kier molecular flexibility index (Phi) is 4.81. The molecular formula is C19H27N3O3. The summed E-state index contributed by atoms with van der Waals surface area (Å²) < 4.78 is 10.7. The van der Waals surface area contributed by atoms with Gasteiger partial charge in [-0.25, -0.2) is 4.79 Å². The highest BCUT2D eigenvalue weighted by Gasteiger charge is 2.41. The van der Waals surface area contributed by atoms with Gasteiger partial charge < -0.3 is 19.3 Å². The first-order valence-electron chi connectivity index (χ1n) is 9.25. The summed E-state index contributed by atoms with van der Waals surface area (Å²) >= 11 is 0. The van der Waals surface area contributed by atoms with Gasteiger partial charge in [0.05, 0.1) is 13.2 Å². The second-order valence-electron chi connectivity index (χ2n) is 7.20. The third-order valence-corrected chi connectivity index (χ3v) is 5.70. The van der Waals surface area contributed by atoms with Gasteiger partial charge in [-0.05, 0) is 30.5 Å². The van der Waals surface area contributed by atoms with Crippen LogP contribution in [0.25, 0.3) is 0 Å². The predicted molar refractivity (Wildman–Crippen MR) is 94.7 cm³/mol. The van der Waals surface area contributed by atoms with Crippen LogP contribution in [0.4, 0.5) is 4.79 Å². The van der Waals surface area contributed by atoms with Gasteiger partial charge in [-0.15, -0.1) is 0 Å². The standard InChI is InChI=1S/C19H27N3O3/c1-24-18-4-2-15(3-5-18)12-21-14-17-13-20(8-9-22(17)19(21)23)16-6-10-25-11-7-16/h2-5,16-17H,6-14H2,1H3/t17-/m1/s1. The normalized spacial score (nSPS) is 25.3. The molecule has 0 N–H and O–H groups in total. The number of rotatable bonds is 4. The molecule has 0 unspecified atom stereocenters. The van der Waals surface area contributed by atoms with Crippen LogP contribution in [0.15, 0.2) is 24.3 Å². The van der Waals surface area contributed by atoms with E-state index in [1.165, 1.54) is 0 Å². The predicted octanol–water partition coefficient (Wildman–Crippen LogP) is 1.80. The molecule has 0 spiro atoms. The van der Waals surface area contributed by atoms with E-state index >= 15 is 0 Å². The number of carbonyl (C=O) groups is 1. The molecule has 3 saturated heterocycles. The topological polar surface area (TPSA) is 45.2 Å². The molecule has 0 aromatic heterocycles. The van der Waals surface area contributed by atoms with Crippen LogP contribution >= 0.6 is 0 Å². The van der Waals surface area contributed by atoms with Crippen LogP contribution in [0.1, 0.15) is 18.4 Å². The van der Waals surface area contributed by atoms with E-state index in [1.54, 1.807) is 7.11 Å². The minimum Gasteiger partial charge on any atom is -0.497 e. The molecule has 2 amide bonds. The second kappa shape index (κ2) is 7.22. The molecule has 25 heavy (non-hydrogen) atoms. The Balaban J connectivity index is 1.37. The van der Waals surface area contributed by atoms with Crippen LogP contribution in [-0.2, 0) is 11.3 Å². The van der Waals surface area contributed by atoms with Gasteiger partial charge in [0, 0.05) is 52.0 Å². The summed E-state index contributed by atoms with van der Waals surface area (Å²) in [6.07, 6.45) is 2.24. The number of hydrogen-bond acceptors (Lipinski definition) is 4. The van der Waals surface area contributed by atoms with Crippen molar-refractivity contribution in [3.63, 3.8) is 0 Å². The highest BCUT2D eigenvalue weighted by Crippen LogP contribution is 2.26. The molecule has 4 rings (SSSR count). The molecule has 136 valence electrons. The molecule has 0 radical (unpaired) electrons. The Morgan fingerprint density at radius 1 is 1.08 bits per heavy atom. The number of benzene rings is 1. The number of nitrogens with zero attached hydrogens (tertiary/aromatic N) is 3. The smallest absolute Gasteiger partial charge is 0.320 e. The number of carbonyl (C=O) groups excluding carboxylic acids is 1. The summed E-state index contributed by atoms with van der Waals surface area (Å²) in [5.74, 6) is 0.848. The minimum absolute atomic E-state index is 0.187. The molecular weight excluding hydrogens is 318 g/mol. The minimum atomic E-state index is 0.187. The number of amides is 2. The molecule has 3 heterocycles. The van der Waals surface area contributed by atoms with Gasteiger partial charge in [-0.2, -0.15) is 0 Å². The van der Waals surface area contributed by atoms with Crippen molar-refractivity contribution in [2.75, 3.05) is 46.5 Å². The molecule has 1 aromatic rings. The van der Waals surface area contributed by atoms with Crippen molar-refractivity contribution in [1.29, 1.82) is 0 Å². The average Bonchev–Trinajstić information content (AvgIpc) is 2.98. The summed E-state index contributed by atoms with van der Waals surface area (Å²) in [5.41, 5.74) is 1.15. The first kappa shape index (κ1) is 16.7. The van der Waals surface area contributed by atoms with E-state index in [0.717, 1.165) is 63.5 Å². The van der Waals surface area contributed by atoms with Crippen LogP contribution in [0.3, 0.4) is 0 Å². The molecule has 1 aromatic carbocycles. The molecule has 6 heteroatoms. The first-order chi connectivity index (χ1) is 12.2. The molecule has 3 fully saturated rings. The number of piperazine rings is 1. The van der Waals surface area contributed by atoms with Crippen LogP contribution in [0.2, 0.25) is 0 Å². The lowest BCUT2D eigenvalue weighted by Gasteiger charge is -2.42. The number of hydrogen-bond donors (Lipinski definition) is 0. The Bertz CT molecular complexity index is 600. The Labute approximate surface area is 149 Å². The van der Waals surface area contributed by atoms with Gasteiger partial charge in [0.15, 0.2) is 0 Å². The van der Waals surface area contributed by atoms with E-state index in [-0.39, 0.29) is 6.03 Å². The molecule has 3 aliphatic heterocycles. The number of urea groups is 1. The number of ether oxygens (including phenoxy) is 2. The largest absolute Gasteiger partial charge is 0.497 e. The van der Waals surface area contributed by atoms with E-state index in [4.69, 9.17) is 9.47 Å². The highest BCUT2D eigenvalue weighted by atomic mass is 16.5. The highest BCUT2D eigenvalue weighted by molar-refractivity contribution is 5.77. The van der Waals surface area contributed by atoms with E-state index in [9.17, 15) is 4.79 Å². The summed E-state index contributed by atoms with van der Waals surface area (Å²) in [6, 6.07) is 9.12. The SMILES string of the molecule is COc1ccc(CN2C[C@H]3CN(C4CCOCC4)CCN3C2=O)cc1. The number of methoxy groups -OCH3 is 1. The molecule has 3 aliphatic rings. The maximum atomic E-state index is 12.7. The molecule has 0 aliphatic carbocycles. The monoisotopic (exact) mass is 345 g/mol. The molecule has 0 bridgehead atoms. The second-order valence-corrected chi connectivity index (χ2v) is 7.20. The molecule has 0 saturated carbocycles. The van der Waals surface area contributed by atoms with E-state index in [1.807, 2.05) is 29.2 Å². The summed E-state index contributed by atoms with van der Waals surface area (Å²) in [4.78, 5) is 19.4. The quantitative estimate of drug-likeness (QED) is 0.835. The Hall–Kier alpha value is -1.79.